The van der Waals surface area contributed by atoms with Crippen molar-refractivity contribution in [2.24, 2.45) is 4.99 Å². The standard InChI is InChI=1S/C19H27N3O3S/c1-4-20-19(21-8-7-17-6-5-9-26-17)22-13-18(23)14-10-15(24-2)12-16(11-14)25-3/h5-6,9-12,18,23H,4,7-8,13H2,1-3H3,(H2,20,21,22). The molecule has 0 spiro atoms. The number of nitrogens with one attached hydrogen (secondary N) is 2. The number of hydrogen-bond donors (Lipinski definition) is 3. The summed E-state index contributed by atoms with van der Waals surface area (Å²) in [5, 5.41) is 19.1. The topological polar surface area (TPSA) is 75.1 Å². The van der Waals surface area contributed by atoms with E-state index in [4.69, 9.17) is 9.47 Å². The summed E-state index contributed by atoms with van der Waals surface area (Å²) in [6, 6.07) is 9.53. The predicted molar refractivity (Wildman–Crippen MR) is 107 cm³/mol. The normalized spacial score (nSPS) is 12.5. The Balaban J connectivity index is 1.96. The van der Waals surface area contributed by atoms with Crippen LogP contribution in [0.15, 0.2) is 40.7 Å². The molecule has 1 aromatic heterocycles. The summed E-state index contributed by atoms with van der Waals surface area (Å²) in [6.45, 7) is 3.80. The number of benzene rings is 1. The van der Waals surface area contributed by atoms with Crippen LogP contribution in [0.4, 0.5) is 0 Å². The number of rotatable bonds is 9. The van der Waals surface area contributed by atoms with Crippen LogP contribution in [-0.4, -0.2) is 44.9 Å². The molecule has 1 heterocycles. The van der Waals surface area contributed by atoms with Crippen LogP contribution in [0.2, 0.25) is 0 Å². The van der Waals surface area contributed by atoms with Crippen molar-refractivity contribution in [1.29, 1.82) is 0 Å². The number of hydrogen-bond acceptors (Lipinski definition) is 5. The molecule has 0 fully saturated rings. The highest BCUT2D eigenvalue weighted by atomic mass is 32.1. The quantitative estimate of drug-likeness (QED) is 0.463. The summed E-state index contributed by atoms with van der Waals surface area (Å²) < 4.78 is 10.5. The zero-order valence-electron chi connectivity index (χ0n) is 15.5. The fourth-order valence-corrected chi connectivity index (χ4v) is 3.11. The Labute approximate surface area is 158 Å². The highest BCUT2D eigenvalue weighted by molar-refractivity contribution is 7.09. The molecule has 1 aromatic carbocycles. The molecule has 0 amide bonds. The Morgan fingerprint density at radius 1 is 1.19 bits per heavy atom. The number of aliphatic hydroxyl groups excluding tert-OH is 1. The molecule has 0 aliphatic rings. The Morgan fingerprint density at radius 2 is 1.92 bits per heavy atom. The van der Waals surface area contributed by atoms with Crippen LogP contribution in [0.25, 0.3) is 0 Å². The van der Waals surface area contributed by atoms with Crippen molar-refractivity contribution >= 4 is 17.3 Å². The molecule has 1 unspecified atom stereocenters. The lowest BCUT2D eigenvalue weighted by atomic mass is 10.1. The second kappa shape index (κ2) is 10.7. The van der Waals surface area contributed by atoms with Gasteiger partial charge in [0, 0.05) is 24.0 Å². The Kier molecular flexibility index (Phi) is 8.24. The minimum absolute atomic E-state index is 0.241. The number of nitrogens with zero attached hydrogens (tertiary/aromatic N) is 1. The Morgan fingerprint density at radius 3 is 2.50 bits per heavy atom. The van der Waals surface area contributed by atoms with Gasteiger partial charge in [0.05, 0.1) is 26.9 Å². The van der Waals surface area contributed by atoms with E-state index in [9.17, 15) is 5.11 Å². The van der Waals surface area contributed by atoms with Gasteiger partial charge >= 0.3 is 0 Å². The van der Waals surface area contributed by atoms with Crippen molar-refractivity contribution in [1.82, 2.24) is 10.6 Å². The van der Waals surface area contributed by atoms with Gasteiger partial charge in [-0.2, -0.15) is 0 Å². The first-order chi connectivity index (χ1) is 12.7. The summed E-state index contributed by atoms with van der Waals surface area (Å²) in [4.78, 5) is 5.82. The minimum Gasteiger partial charge on any atom is -0.497 e. The van der Waals surface area contributed by atoms with E-state index >= 15 is 0 Å². The highest BCUT2D eigenvalue weighted by Gasteiger charge is 2.11. The second-order valence-corrected chi connectivity index (χ2v) is 6.67. The van der Waals surface area contributed by atoms with E-state index in [2.05, 4.69) is 33.1 Å². The van der Waals surface area contributed by atoms with Gasteiger partial charge in [-0.05, 0) is 42.5 Å². The predicted octanol–water partition coefficient (Wildman–Crippen LogP) is 2.60. The summed E-state index contributed by atoms with van der Waals surface area (Å²) in [5.74, 6) is 1.98. The van der Waals surface area contributed by atoms with E-state index in [1.807, 2.05) is 6.92 Å². The molecule has 26 heavy (non-hydrogen) atoms. The van der Waals surface area contributed by atoms with Gasteiger partial charge in [-0.3, -0.25) is 4.99 Å². The van der Waals surface area contributed by atoms with Crippen molar-refractivity contribution < 1.29 is 14.6 Å². The molecule has 0 radical (unpaired) electrons. The van der Waals surface area contributed by atoms with Crippen LogP contribution < -0.4 is 20.1 Å². The van der Waals surface area contributed by atoms with Gasteiger partial charge in [0.25, 0.3) is 0 Å². The molecule has 2 rings (SSSR count). The Hall–Kier alpha value is -2.25. The fourth-order valence-electron chi connectivity index (χ4n) is 2.41. The maximum absolute atomic E-state index is 10.5. The maximum Gasteiger partial charge on any atom is 0.191 e. The summed E-state index contributed by atoms with van der Waals surface area (Å²) in [7, 11) is 3.17. The van der Waals surface area contributed by atoms with Crippen molar-refractivity contribution in [2.75, 3.05) is 33.9 Å². The first-order valence-corrected chi connectivity index (χ1v) is 9.49. The summed E-state index contributed by atoms with van der Waals surface area (Å²) in [6.07, 6.45) is 0.198. The van der Waals surface area contributed by atoms with Crippen LogP contribution in [0.1, 0.15) is 23.5 Å². The van der Waals surface area contributed by atoms with Crippen molar-refractivity contribution in [3.63, 3.8) is 0 Å². The van der Waals surface area contributed by atoms with E-state index in [0.717, 1.165) is 19.5 Å². The molecule has 1 atom stereocenters. The van der Waals surface area contributed by atoms with E-state index in [0.29, 0.717) is 23.0 Å². The molecule has 7 heteroatoms. The molecule has 142 valence electrons. The number of thiophene rings is 1. The van der Waals surface area contributed by atoms with Crippen molar-refractivity contribution in [3.8, 4) is 11.5 Å². The minimum atomic E-state index is -0.744. The second-order valence-electron chi connectivity index (χ2n) is 5.64. The third kappa shape index (κ3) is 6.24. The molecule has 0 saturated carbocycles. The van der Waals surface area contributed by atoms with Gasteiger partial charge in [0.2, 0.25) is 0 Å². The van der Waals surface area contributed by atoms with Crippen LogP contribution in [0.5, 0.6) is 11.5 Å². The molecule has 0 saturated heterocycles. The lowest BCUT2D eigenvalue weighted by molar-refractivity contribution is 0.186. The van der Waals surface area contributed by atoms with Crippen LogP contribution in [0.3, 0.4) is 0 Å². The van der Waals surface area contributed by atoms with Gasteiger partial charge in [0.15, 0.2) is 5.96 Å². The van der Waals surface area contributed by atoms with Gasteiger partial charge < -0.3 is 25.2 Å². The smallest absolute Gasteiger partial charge is 0.191 e. The van der Waals surface area contributed by atoms with Crippen molar-refractivity contribution in [2.45, 2.75) is 19.4 Å². The SMILES string of the molecule is CCNC(=NCC(O)c1cc(OC)cc(OC)c1)NCCc1cccs1. The van der Waals surface area contributed by atoms with E-state index in [-0.39, 0.29) is 6.54 Å². The number of guanidine groups is 1. The molecule has 3 N–H and O–H groups in total. The summed E-state index contributed by atoms with van der Waals surface area (Å²) >= 11 is 1.75. The molecular weight excluding hydrogens is 350 g/mol. The van der Waals surface area contributed by atoms with Gasteiger partial charge in [-0.25, -0.2) is 0 Å². The van der Waals surface area contributed by atoms with Crippen LogP contribution in [-0.2, 0) is 6.42 Å². The zero-order valence-corrected chi connectivity index (χ0v) is 16.3. The molecule has 6 nitrogen and oxygen atoms in total. The first kappa shape index (κ1) is 20.1. The first-order valence-electron chi connectivity index (χ1n) is 8.61. The van der Waals surface area contributed by atoms with E-state index in [1.54, 1.807) is 43.8 Å². The lowest BCUT2D eigenvalue weighted by Crippen LogP contribution is -2.38. The summed E-state index contributed by atoms with van der Waals surface area (Å²) in [5.41, 5.74) is 0.708. The molecule has 2 aromatic rings. The van der Waals surface area contributed by atoms with Gasteiger partial charge in [-0.15, -0.1) is 11.3 Å². The molecule has 0 aliphatic carbocycles. The molecule has 0 bridgehead atoms. The third-order valence-electron chi connectivity index (χ3n) is 3.77. The number of ether oxygens (including phenoxy) is 2. The van der Waals surface area contributed by atoms with Gasteiger partial charge in [-0.1, -0.05) is 6.07 Å². The number of aliphatic hydroxyl groups is 1. The molecule has 0 aliphatic heterocycles. The van der Waals surface area contributed by atoms with E-state index < -0.39 is 6.10 Å². The van der Waals surface area contributed by atoms with Crippen molar-refractivity contribution in [3.05, 3.63) is 46.2 Å². The number of aliphatic imine (C=N–C) groups is 1. The largest absolute Gasteiger partial charge is 0.497 e. The van der Waals surface area contributed by atoms with E-state index in [1.165, 1.54) is 4.88 Å². The third-order valence-corrected chi connectivity index (χ3v) is 4.71. The monoisotopic (exact) mass is 377 g/mol. The Bertz CT molecular complexity index is 667. The number of methoxy groups -OCH3 is 2. The highest BCUT2D eigenvalue weighted by Crippen LogP contribution is 2.26. The van der Waals surface area contributed by atoms with Crippen LogP contribution in [0, 0.1) is 0 Å². The van der Waals surface area contributed by atoms with Gasteiger partial charge in [0.1, 0.15) is 11.5 Å². The van der Waals surface area contributed by atoms with Crippen LogP contribution >= 0.6 is 11.3 Å². The average Bonchev–Trinajstić information content (AvgIpc) is 3.18. The average molecular weight is 378 g/mol. The fraction of sp³-hybridized carbons (Fsp3) is 0.421. The lowest BCUT2D eigenvalue weighted by Gasteiger charge is -2.14. The zero-order chi connectivity index (χ0) is 18.8. The maximum atomic E-state index is 10.5. The molecular formula is C19H27N3O3S.